The van der Waals surface area contributed by atoms with E-state index in [-0.39, 0.29) is 5.60 Å². The molecule has 1 aromatic heterocycles. The predicted molar refractivity (Wildman–Crippen MR) is 52.8 cm³/mol. The Morgan fingerprint density at radius 2 is 2.50 bits per heavy atom. The molecule has 1 aliphatic heterocycles. The van der Waals surface area contributed by atoms with Crippen LogP contribution in [0.2, 0.25) is 0 Å². The molecule has 0 bridgehead atoms. The van der Waals surface area contributed by atoms with Crippen LogP contribution in [0.1, 0.15) is 31.9 Å². The summed E-state index contributed by atoms with van der Waals surface area (Å²) in [6.07, 6.45) is 5.98. The molecule has 3 rings (SSSR count). The van der Waals surface area contributed by atoms with Crippen molar-refractivity contribution in [2.75, 3.05) is 0 Å². The van der Waals surface area contributed by atoms with E-state index in [2.05, 4.69) is 18.1 Å². The van der Waals surface area contributed by atoms with Crippen LogP contribution >= 0.6 is 0 Å². The maximum absolute atomic E-state index is 5.90. The van der Waals surface area contributed by atoms with Crippen LogP contribution in [0, 0.1) is 5.92 Å². The van der Waals surface area contributed by atoms with Crippen molar-refractivity contribution in [3.63, 3.8) is 0 Å². The van der Waals surface area contributed by atoms with E-state index >= 15 is 0 Å². The zero-order chi connectivity index (χ0) is 9.76. The van der Waals surface area contributed by atoms with Crippen LogP contribution in [-0.2, 0) is 17.4 Å². The fraction of sp³-hybridized carbons (Fsp3) is 0.727. The van der Waals surface area contributed by atoms with E-state index in [1.807, 2.05) is 17.9 Å². The van der Waals surface area contributed by atoms with E-state index in [4.69, 9.17) is 4.74 Å². The number of aromatic nitrogens is 2. The molecule has 1 saturated carbocycles. The molecule has 1 aliphatic carbocycles. The Balaban J connectivity index is 1.91. The molecule has 3 atom stereocenters. The fourth-order valence-corrected chi connectivity index (χ4v) is 2.76. The average molecular weight is 192 g/mol. The number of aryl methyl sites for hydroxylation is 1. The predicted octanol–water partition coefficient (Wildman–Crippen LogP) is 1.83. The van der Waals surface area contributed by atoms with Crippen LogP contribution in [0.4, 0.5) is 0 Å². The Bertz CT molecular complexity index is 360. The molecule has 76 valence electrons. The van der Waals surface area contributed by atoms with Crippen LogP contribution in [0.25, 0.3) is 0 Å². The lowest BCUT2D eigenvalue weighted by Crippen LogP contribution is -2.23. The maximum Gasteiger partial charge on any atom is 0.136 e. The van der Waals surface area contributed by atoms with Gasteiger partial charge in [0.05, 0.1) is 11.8 Å². The highest BCUT2D eigenvalue weighted by atomic mass is 16.6. The second-order valence-electron chi connectivity index (χ2n) is 4.72. The van der Waals surface area contributed by atoms with Crippen LogP contribution in [-0.4, -0.2) is 15.9 Å². The van der Waals surface area contributed by atoms with Gasteiger partial charge in [0.15, 0.2) is 0 Å². The molecule has 0 amide bonds. The number of hydrogen-bond acceptors (Lipinski definition) is 2. The first-order valence-electron chi connectivity index (χ1n) is 5.39. The van der Waals surface area contributed by atoms with Gasteiger partial charge in [-0.05, 0) is 31.2 Å². The lowest BCUT2D eigenvalue weighted by Gasteiger charge is -2.21. The summed E-state index contributed by atoms with van der Waals surface area (Å²) in [6, 6.07) is 2.09. The fourth-order valence-electron chi connectivity index (χ4n) is 2.76. The third-order valence-corrected chi connectivity index (χ3v) is 3.69. The van der Waals surface area contributed by atoms with Crippen molar-refractivity contribution in [1.29, 1.82) is 0 Å². The Morgan fingerprint density at radius 1 is 1.64 bits per heavy atom. The minimum Gasteiger partial charge on any atom is -0.359 e. The maximum atomic E-state index is 5.90. The third-order valence-electron chi connectivity index (χ3n) is 3.69. The Hall–Kier alpha value is -0.830. The highest BCUT2D eigenvalue weighted by Crippen LogP contribution is 2.56. The van der Waals surface area contributed by atoms with Gasteiger partial charge in [-0.2, -0.15) is 5.10 Å². The molecule has 2 aliphatic rings. The molecular weight excluding hydrogens is 176 g/mol. The van der Waals surface area contributed by atoms with Crippen molar-refractivity contribution in [1.82, 2.24) is 9.78 Å². The van der Waals surface area contributed by atoms with E-state index < -0.39 is 0 Å². The summed E-state index contributed by atoms with van der Waals surface area (Å²) in [5.41, 5.74) is 1.30. The van der Waals surface area contributed by atoms with Crippen LogP contribution in [0.15, 0.2) is 12.3 Å². The van der Waals surface area contributed by atoms with Gasteiger partial charge in [-0.25, -0.2) is 0 Å². The summed E-state index contributed by atoms with van der Waals surface area (Å²) < 4.78 is 7.85. The second kappa shape index (κ2) is 2.60. The molecule has 3 heteroatoms. The lowest BCUT2D eigenvalue weighted by molar-refractivity contribution is 0.273. The van der Waals surface area contributed by atoms with Crippen LogP contribution < -0.4 is 0 Å². The molecule has 0 N–H and O–H groups in total. The monoisotopic (exact) mass is 192 g/mol. The van der Waals surface area contributed by atoms with Crippen molar-refractivity contribution < 1.29 is 4.74 Å². The van der Waals surface area contributed by atoms with E-state index in [0.717, 1.165) is 5.92 Å². The van der Waals surface area contributed by atoms with Gasteiger partial charge in [-0.15, -0.1) is 0 Å². The number of hydrogen-bond donors (Lipinski definition) is 0. The quantitative estimate of drug-likeness (QED) is 0.635. The molecule has 0 spiro atoms. The van der Waals surface area contributed by atoms with Crippen molar-refractivity contribution in [3.05, 3.63) is 18.0 Å². The number of epoxide rings is 1. The number of rotatable bonds is 1. The van der Waals surface area contributed by atoms with Gasteiger partial charge in [-0.1, -0.05) is 6.92 Å². The van der Waals surface area contributed by atoms with Crippen molar-refractivity contribution in [2.24, 2.45) is 13.0 Å². The molecule has 1 aromatic rings. The minimum atomic E-state index is 0.0394. The molecule has 3 nitrogen and oxygen atoms in total. The van der Waals surface area contributed by atoms with E-state index in [1.54, 1.807) is 0 Å². The van der Waals surface area contributed by atoms with Crippen molar-refractivity contribution in [2.45, 2.75) is 37.9 Å². The molecule has 0 radical (unpaired) electrons. The van der Waals surface area contributed by atoms with Gasteiger partial charge in [-0.3, -0.25) is 4.68 Å². The van der Waals surface area contributed by atoms with E-state index in [0.29, 0.717) is 6.10 Å². The molecular formula is C11H16N2O. The number of ether oxygens (including phenoxy) is 1. The van der Waals surface area contributed by atoms with Gasteiger partial charge in [0, 0.05) is 13.2 Å². The summed E-state index contributed by atoms with van der Waals surface area (Å²) in [7, 11) is 2.00. The van der Waals surface area contributed by atoms with Gasteiger partial charge >= 0.3 is 0 Å². The Kier molecular flexibility index (Phi) is 1.57. The first-order valence-corrected chi connectivity index (χ1v) is 5.39. The van der Waals surface area contributed by atoms with Crippen molar-refractivity contribution in [3.8, 4) is 0 Å². The van der Waals surface area contributed by atoms with Gasteiger partial charge in [0.25, 0.3) is 0 Å². The summed E-state index contributed by atoms with van der Waals surface area (Å²) >= 11 is 0. The summed E-state index contributed by atoms with van der Waals surface area (Å²) in [4.78, 5) is 0. The van der Waals surface area contributed by atoms with E-state index in [1.165, 1.54) is 25.0 Å². The highest BCUT2D eigenvalue weighted by molar-refractivity contribution is 5.23. The standard InChI is InChI=1S/C11H16N2O/c1-8-3-5-11(10(7-8)14-11)9-4-6-12-13(9)2/h4,6,8,10H,3,5,7H2,1-2H3/t8-,10+,11-/m1/s1. The Labute approximate surface area is 84.1 Å². The zero-order valence-corrected chi connectivity index (χ0v) is 8.73. The smallest absolute Gasteiger partial charge is 0.136 e. The van der Waals surface area contributed by atoms with Crippen molar-refractivity contribution >= 4 is 0 Å². The SMILES string of the molecule is C[C@@H]1CC[C@]2(c3ccnn3C)O[C@H]2C1. The van der Waals surface area contributed by atoms with Crippen LogP contribution in [0.5, 0.6) is 0 Å². The van der Waals surface area contributed by atoms with Gasteiger partial charge in [0.1, 0.15) is 5.60 Å². The largest absolute Gasteiger partial charge is 0.359 e. The minimum absolute atomic E-state index is 0.0394. The first kappa shape index (κ1) is 8.48. The molecule has 1 saturated heterocycles. The third kappa shape index (κ3) is 0.989. The van der Waals surface area contributed by atoms with Gasteiger partial charge < -0.3 is 4.74 Å². The Morgan fingerprint density at radius 3 is 3.14 bits per heavy atom. The lowest BCUT2D eigenvalue weighted by atomic mass is 9.81. The molecule has 0 unspecified atom stereocenters. The average Bonchev–Trinajstić information content (AvgIpc) is 2.71. The normalized spacial score (nSPS) is 40.7. The number of nitrogens with zero attached hydrogens (tertiary/aromatic N) is 2. The summed E-state index contributed by atoms with van der Waals surface area (Å²) in [6.45, 7) is 2.31. The summed E-state index contributed by atoms with van der Waals surface area (Å²) in [5.74, 6) is 0.823. The second-order valence-corrected chi connectivity index (χ2v) is 4.72. The zero-order valence-electron chi connectivity index (χ0n) is 8.73. The number of fused-ring (bicyclic) bond motifs is 1. The van der Waals surface area contributed by atoms with Gasteiger partial charge in [0.2, 0.25) is 0 Å². The summed E-state index contributed by atoms with van der Waals surface area (Å²) in [5, 5.41) is 4.22. The molecule has 14 heavy (non-hydrogen) atoms. The molecule has 2 heterocycles. The molecule has 0 aromatic carbocycles. The van der Waals surface area contributed by atoms with E-state index in [9.17, 15) is 0 Å². The highest BCUT2D eigenvalue weighted by Gasteiger charge is 2.60. The first-order chi connectivity index (χ1) is 6.72. The van der Waals surface area contributed by atoms with Crippen LogP contribution in [0.3, 0.4) is 0 Å². The molecule has 2 fully saturated rings. The topological polar surface area (TPSA) is 30.4 Å².